The number of rotatable bonds is 1. The lowest BCUT2D eigenvalue weighted by Gasteiger charge is -2.13. The molecule has 1 aromatic heterocycles. The average Bonchev–Trinajstić information content (AvgIpc) is 2.81. The van der Waals surface area contributed by atoms with Gasteiger partial charge in [-0.05, 0) is 49.4 Å². The first-order chi connectivity index (χ1) is 11.5. The zero-order valence-corrected chi connectivity index (χ0v) is 14.9. The van der Waals surface area contributed by atoms with Crippen LogP contribution >= 0.6 is 27.5 Å². The molecule has 4 rings (SSSR count). The van der Waals surface area contributed by atoms with Gasteiger partial charge in [0.1, 0.15) is 0 Å². The predicted molar refractivity (Wildman–Crippen MR) is 96.8 cm³/mol. The summed E-state index contributed by atoms with van der Waals surface area (Å²) in [4.78, 5) is 31.5. The normalized spacial score (nSPS) is 13.7. The van der Waals surface area contributed by atoms with Crippen molar-refractivity contribution >= 4 is 55.9 Å². The third-order valence-electron chi connectivity index (χ3n) is 4.05. The molecule has 1 aliphatic rings. The van der Waals surface area contributed by atoms with Crippen LogP contribution in [0.4, 0.5) is 5.69 Å². The SMILES string of the molecule is Cc1nc2ccc(Br)cc2c2c1C(=O)N(c1ccc(Cl)cc1)C2=O. The summed E-state index contributed by atoms with van der Waals surface area (Å²) in [5.74, 6) is -0.699. The van der Waals surface area contributed by atoms with Crippen LogP contribution in [0, 0.1) is 6.92 Å². The molecule has 0 saturated carbocycles. The number of nitrogens with zero attached hydrogens (tertiary/aromatic N) is 2. The van der Waals surface area contributed by atoms with Gasteiger partial charge < -0.3 is 0 Å². The van der Waals surface area contributed by atoms with Gasteiger partial charge in [-0.3, -0.25) is 14.6 Å². The maximum Gasteiger partial charge on any atom is 0.268 e. The highest BCUT2D eigenvalue weighted by Crippen LogP contribution is 2.35. The molecule has 118 valence electrons. The van der Waals surface area contributed by atoms with Crippen molar-refractivity contribution in [1.82, 2.24) is 4.98 Å². The van der Waals surface area contributed by atoms with Crippen LogP contribution in [-0.2, 0) is 0 Å². The van der Waals surface area contributed by atoms with Crippen molar-refractivity contribution in [2.24, 2.45) is 0 Å². The van der Waals surface area contributed by atoms with Gasteiger partial charge >= 0.3 is 0 Å². The van der Waals surface area contributed by atoms with Gasteiger partial charge in [0.05, 0.1) is 28.0 Å². The van der Waals surface area contributed by atoms with Crippen molar-refractivity contribution in [3.63, 3.8) is 0 Å². The number of hydrogen-bond acceptors (Lipinski definition) is 3. The van der Waals surface area contributed by atoms with E-state index in [0.29, 0.717) is 38.4 Å². The largest absolute Gasteiger partial charge is 0.268 e. The van der Waals surface area contributed by atoms with Gasteiger partial charge in [0, 0.05) is 14.9 Å². The predicted octanol–water partition coefficient (Wildman–Crippen LogP) is 4.76. The summed E-state index contributed by atoms with van der Waals surface area (Å²) in [7, 11) is 0. The summed E-state index contributed by atoms with van der Waals surface area (Å²) in [5, 5.41) is 1.21. The average molecular weight is 402 g/mol. The Hall–Kier alpha value is -2.24. The van der Waals surface area contributed by atoms with Gasteiger partial charge in [-0.15, -0.1) is 0 Å². The first kappa shape index (κ1) is 15.3. The third kappa shape index (κ3) is 2.16. The summed E-state index contributed by atoms with van der Waals surface area (Å²) in [6, 6.07) is 12.1. The summed E-state index contributed by atoms with van der Waals surface area (Å²) in [5.41, 5.74) is 2.50. The highest BCUT2D eigenvalue weighted by atomic mass is 79.9. The summed E-state index contributed by atoms with van der Waals surface area (Å²) < 4.78 is 0.827. The topological polar surface area (TPSA) is 50.3 Å². The monoisotopic (exact) mass is 400 g/mol. The van der Waals surface area contributed by atoms with Crippen molar-refractivity contribution in [3.05, 3.63) is 68.8 Å². The Balaban J connectivity index is 1.98. The fourth-order valence-electron chi connectivity index (χ4n) is 2.98. The second kappa shape index (κ2) is 5.40. The van der Waals surface area contributed by atoms with Crippen LogP contribution < -0.4 is 4.90 Å². The van der Waals surface area contributed by atoms with E-state index in [2.05, 4.69) is 20.9 Å². The van der Waals surface area contributed by atoms with E-state index in [0.717, 1.165) is 4.47 Å². The molecule has 0 fully saturated rings. The third-order valence-corrected chi connectivity index (χ3v) is 4.79. The standard InChI is InChI=1S/C18H10BrClN2O2/c1-9-15-16(13-8-10(19)2-7-14(13)21-9)18(24)22(17(15)23)12-5-3-11(20)4-6-12/h2-8H,1H3. The first-order valence-corrected chi connectivity index (χ1v) is 8.38. The molecular weight excluding hydrogens is 392 g/mol. The lowest BCUT2D eigenvalue weighted by molar-refractivity contribution is 0.0926. The van der Waals surface area contributed by atoms with Crippen molar-refractivity contribution in [3.8, 4) is 0 Å². The Morgan fingerprint density at radius 2 is 1.67 bits per heavy atom. The molecule has 0 aliphatic carbocycles. The second-order valence-electron chi connectivity index (χ2n) is 5.53. The molecule has 3 aromatic rings. The summed E-state index contributed by atoms with van der Waals surface area (Å²) in [6.07, 6.45) is 0. The summed E-state index contributed by atoms with van der Waals surface area (Å²) in [6.45, 7) is 1.75. The fraction of sp³-hybridized carbons (Fsp3) is 0.0556. The second-order valence-corrected chi connectivity index (χ2v) is 6.88. The number of benzene rings is 2. The number of hydrogen-bond donors (Lipinski definition) is 0. The van der Waals surface area contributed by atoms with E-state index in [1.807, 2.05) is 18.2 Å². The maximum atomic E-state index is 13.0. The van der Waals surface area contributed by atoms with Crippen molar-refractivity contribution in [1.29, 1.82) is 0 Å². The molecule has 4 nitrogen and oxygen atoms in total. The van der Waals surface area contributed by atoms with E-state index in [1.165, 1.54) is 4.90 Å². The molecule has 0 bridgehead atoms. The number of carbonyl (C=O) groups is 2. The molecule has 2 amide bonds. The molecule has 0 unspecified atom stereocenters. The molecule has 1 aliphatic heterocycles. The number of aromatic nitrogens is 1. The Labute approximate surface area is 151 Å². The zero-order valence-electron chi connectivity index (χ0n) is 12.5. The zero-order chi connectivity index (χ0) is 17.0. The Morgan fingerprint density at radius 3 is 2.38 bits per heavy atom. The molecule has 24 heavy (non-hydrogen) atoms. The highest BCUT2D eigenvalue weighted by molar-refractivity contribution is 9.10. The van der Waals surface area contributed by atoms with Gasteiger partial charge in [-0.2, -0.15) is 0 Å². The number of halogens is 2. The van der Waals surface area contributed by atoms with Gasteiger partial charge in [-0.25, -0.2) is 4.90 Å². The van der Waals surface area contributed by atoms with Crippen LogP contribution in [0.2, 0.25) is 5.02 Å². The lowest BCUT2D eigenvalue weighted by atomic mass is 10.0. The van der Waals surface area contributed by atoms with Crippen molar-refractivity contribution in [2.45, 2.75) is 6.92 Å². The quantitative estimate of drug-likeness (QED) is 0.552. The Kier molecular flexibility index (Phi) is 3.44. The number of amides is 2. The molecule has 0 saturated heterocycles. The number of aryl methyl sites for hydroxylation is 1. The minimum atomic E-state index is -0.357. The smallest absolute Gasteiger partial charge is 0.268 e. The van der Waals surface area contributed by atoms with Gasteiger partial charge in [0.15, 0.2) is 0 Å². The Bertz CT molecular complexity index is 1030. The van der Waals surface area contributed by atoms with E-state index in [1.54, 1.807) is 31.2 Å². The van der Waals surface area contributed by atoms with E-state index in [4.69, 9.17) is 11.6 Å². The molecule has 2 aromatic carbocycles. The number of imide groups is 1. The summed E-state index contributed by atoms with van der Waals surface area (Å²) >= 11 is 9.31. The van der Waals surface area contributed by atoms with Gasteiger partial charge in [0.25, 0.3) is 11.8 Å². The molecule has 0 atom stereocenters. The van der Waals surface area contributed by atoms with E-state index in [9.17, 15) is 9.59 Å². The molecule has 0 radical (unpaired) electrons. The number of carbonyl (C=O) groups excluding carboxylic acids is 2. The minimum Gasteiger partial charge on any atom is -0.268 e. The van der Waals surface area contributed by atoms with E-state index in [-0.39, 0.29) is 11.8 Å². The van der Waals surface area contributed by atoms with Gasteiger partial charge in [-0.1, -0.05) is 27.5 Å². The lowest BCUT2D eigenvalue weighted by Crippen LogP contribution is -2.29. The van der Waals surface area contributed by atoms with E-state index < -0.39 is 0 Å². The Morgan fingerprint density at radius 1 is 1.00 bits per heavy atom. The number of pyridine rings is 1. The molecule has 6 heteroatoms. The molecule has 0 spiro atoms. The van der Waals surface area contributed by atoms with Gasteiger partial charge in [0.2, 0.25) is 0 Å². The number of fused-ring (bicyclic) bond motifs is 3. The van der Waals surface area contributed by atoms with Crippen LogP contribution in [-0.4, -0.2) is 16.8 Å². The molecule has 0 N–H and O–H groups in total. The maximum absolute atomic E-state index is 13.0. The molecular formula is C18H10BrClN2O2. The van der Waals surface area contributed by atoms with Crippen molar-refractivity contribution < 1.29 is 9.59 Å². The first-order valence-electron chi connectivity index (χ1n) is 7.21. The van der Waals surface area contributed by atoms with Crippen LogP contribution in [0.1, 0.15) is 26.4 Å². The highest BCUT2D eigenvalue weighted by Gasteiger charge is 2.40. The fourth-order valence-corrected chi connectivity index (χ4v) is 3.47. The van der Waals surface area contributed by atoms with E-state index >= 15 is 0 Å². The number of anilines is 1. The molecule has 2 heterocycles. The van der Waals surface area contributed by atoms with Crippen LogP contribution in [0.25, 0.3) is 10.9 Å². The van der Waals surface area contributed by atoms with Crippen molar-refractivity contribution in [2.75, 3.05) is 4.90 Å². The minimum absolute atomic E-state index is 0.342. The van der Waals surface area contributed by atoms with Crippen LogP contribution in [0.5, 0.6) is 0 Å². The van der Waals surface area contributed by atoms with Crippen LogP contribution in [0.15, 0.2) is 46.9 Å². The van der Waals surface area contributed by atoms with Crippen LogP contribution in [0.3, 0.4) is 0 Å².